The maximum Gasteiger partial charge on any atom is 0.230 e. The summed E-state index contributed by atoms with van der Waals surface area (Å²) in [7, 11) is 0. The number of fused-ring (bicyclic) bond motifs is 3. The molecule has 6 nitrogen and oxygen atoms in total. The van der Waals surface area contributed by atoms with Gasteiger partial charge in [-0.15, -0.1) is 0 Å². The third-order valence-electron chi connectivity index (χ3n) is 4.85. The van der Waals surface area contributed by atoms with Crippen LogP contribution >= 0.6 is 0 Å². The Morgan fingerprint density at radius 2 is 2.08 bits per heavy atom. The Hall–Kier alpha value is -2.63. The van der Waals surface area contributed by atoms with E-state index in [1.807, 2.05) is 36.4 Å². The van der Waals surface area contributed by atoms with Crippen molar-refractivity contribution in [2.45, 2.75) is 31.3 Å². The quantitative estimate of drug-likeness (QED) is 0.694. The van der Waals surface area contributed by atoms with Crippen molar-refractivity contribution in [3.8, 4) is 5.75 Å². The number of nitro groups is 1. The lowest BCUT2D eigenvalue weighted by Crippen LogP contribution is -2.31. The smallest absolute Gasteiger partial charge is 0.230 e. The van der Waals surface area contributed by atoms with Crippen molar-refractivity contribution >= 4 is 16.7 Å². The number of benzene rings is 2. The molecule has 24 heavy (non-hydrogen) atoms. The van der Waals surface area contributed by atoms with Gasteiger partial charge in [-0.2, -0.15) is 0 Å². The molecule has 0 spiro atoms. The van der Waals surface area contributed by atoms with Gasteiger partial charge in [0.1, 0.15) is 11.7 Å². The molecule has 0 aromatic heterocycles. The first-order chi connectivity index (χ1) is 11.6. The third kappa shape index (κ3) is 2.58. The highest BCUT2D eigenvalue weighted by Crippen LogP contribution is 2.39. The van der Waals surface area contributed by atoms with Gasteiger partial charge in [0.05, 0.1) is 12.6 Å². The molecule has 1 saturated carbocycles. The Morgan fingerprint density at radius 3 is 2.88 bits per heavy atom. The molecule has 6 heteroatoms. The van der Waals surface area contributed by atoms with Gasteiger partial charge in [-0.1, -0.05) is 36.4 Å². The summed E-state index contributed by atoms with van der Waals surface area (Å²) in [5.74, 6) is 0.105. The summed E-state index contributed by atoms with van der Waals surface area (Å²) in [5.41, 5.74) is 0.956. The topological polar surface area (TPSA) is 81.5 Å². The largest absolute Gasteiger partial charge is 0.493 e. The van der Waals surface area contributed by atoms with E-state index in [0.29, 0.717) is 13.0 Å². The lowest BCUT2D eigenvalue weighted by Gasteiger charge is -2.19. The zero-order valence-electron chi connectivity index (χ0n) is 13.1. The summed E-state index contributed by atoms with van der Waals surface area (Å²) >= 11 is 0. The van der Waals surface area contributed by atoms with Crippen molar-refractivity contribution in [1.29, 1.82) is 0 Å². The first-order valence-corrected chi connectivity index (χ1v) is 8.23. The van der Waals surface area contributed by atoms with E-state index in [1.165, 1.54) is 0 Å². The predicted molar refractivity (Wildman–Crippen MR) is 88.5 cm³/mol. The van der Waals surface area contributed by atoms with E-state index in [-0.39, 0.29) is 16.9 Å². The molecule has 2 aromatic carbocycles. The minimum atomic E-state index is -0.719. The average Bonchev–Trinajstić information content (AvgIpc) is 3.39. The van der Waals surface area contributed by atoms with Gasteiger partial charge in [-0.05, 0) is 18.2 Å². The molecule has 1 heterocycles. The number of ether oxygens (including phenoxy) is 1. The normalized spacial score (nSPS) is 25.2. The van der Waals surface area contributed by atoms with Crippen LogP contribution in [-0.4, -0.2) is 23.5 Å². The molecule has 0 radical (unpaired) electrons. The second-order valence-corrected chi connectivity index (χ2v) is 6.45. The van der Waals surface area contributed by atoms with Gasteiger partial charge < -0.3 is 10.1 Å². The minimum Gasteiger partial charge on any atom is -0.493 e. The summed E-state index contributed by atoms with van der Waals surface area (Å²) in [6, 6.07) is 11.1. The van der Waals surface area contributed by atoms with Gasteiger partial charge in [0.15, 0.2) is 0 Å². The fourth-order valence-electron chi connectivity index (χ4n) is 3.44. The molecular formula is C18H18N2O4. The van der Waals surface area contributed by atoms with Crippen LogP contribution in [0.2, 0.25) is 0 Å². The predicted octanol–water partition coefficient (Wildman–Crippen LogP) is 2.83. The number of hydrogen-bond acceptors (Lipinski definition) is 4. The van der Waals surface area contributed by atoms with Crippen molar-refractivity contribution in [3.63, 3.8) is 0 Å². The van der Waals surface area contributed by atoms with Gasteiger partial charge in [-0.3, -0.25) is 14.9 Å². The Morgan fingerprint density at radius 1 is 1.25 bits per heavy atom. The van der Waals surface area contributed by atoms with Gasteiger partial charge in [-0.25, -0.2) is 0 Å². The molecule has 4 rings (SSSR count). The molecule has 2 aromatic rings. The van der Waals surface area contributed by atoms with E-state index in [0.717, 1.165) is 34.9 Å². The Balaban J connectivity index is 1.63. The minimum absolute atomic E-state index is 0.160. The highest BCUT2D eigenvalue weighted by atomic mass is 16.6. The van der Waals surface area contributed by atoms with Crippen molar-refractivity contribution in [2.75, 3.05) is 6.61 Å². The SMILES string of the molecule is O=C(N[C@@H]1CCCOc2c1ccc1ccccc21)[C@H]1C[C@H]1[N+](=O)[O-]. The van der Waals surface area contributed by atoms with Gasteiger partial charge in [0, 0.05) is 22.3 Å². The molecule has 1 amide bonds. The number of hydrogen-bond donors (Lipinski definition) is 1. The lowest BCUT2D eigenvalue weighted by molar-refractivity contribution is -0.497. The summed E-state index contributed by atoms with van der Waals surface area (Å²) in [6.07, 6.45) is 1.94. The van der Waals surface area contributed by atoms with Crippen LogP contribution in [0.4, 0.5) is 0 Å². The van der Waals surface area contributed by atoms with Gasteiger partial charge >= 0.3 is 0 Å². The maximum atomic E-state index is 12.3. The van der Waals surface area contributed by atoms with E-state index >= 15 is 0 Å². The standard InChI is InChI=1S/C18H18N2O4/c21-18(14-10-16(14)20(22)23)19-15-6-3-9-24-17-12-5-2-1-4-11(12)7-8-13(15)17/h1-2,4-5,7-8,14-16H,3,6,9-10H2,(H,19,21)/t14-,15+,16+/m0/s1. The maximum absolute atomic E-state index is 12.3. The zero-order valence-corrected chi connectivity index (χ0v) is 13.1. The second-order valence-electron chi connectivity index (χ2n) is 6.45. The van der Waals surface area contributed by atoms with E-state index in [4.69, 9.17) is 4.74 Å². The Labute approximate surface area is 138 Å². The van der Waals surface area contributed by atoms with Crippen LogP contribution in [0.3, 0.4) is 0 Å². The van der Waals surface area contributed by atoms with Crippen LogP contribution in [0.25, 0.3) is 10.8 Å². The Bertz CT molecular complexity index is 820. The molecule has 0 bridgehead atoms. The summed E-state index contributed by atoms with van der Waals surface area (Å²) < 4.78 is 5.95. The number of amides is 1. The van der Waals surface area contributed by atoms with E-state index in [1.54, 1.807) is 0 Å². The first kappa shape index (κ1) is 14.9. The number of nitrogens with one attached hydrogen (secondary N) is 1. The molecule has 1 aliphatic carbocycles. The fraction of sp³-hybridized carbons (Fsp3) is 0.389. The molecule has 124 valence electrons. The van der Waals surface area contributed by atoms with E-state index < -0.39 is 12.0 Å². The Kier molecular flexibility index (Phi) is 3.59. The van der Waals surface area contributed by atoms with Crippen LogP contribution < -0.4 is 10.1 Å². The van der Waals surface area contributed by atoms with Crippen LogP contribution in [0.5, 0.6) is 5.75 Å². The molecule has 0 saturated heterocycles. The van der Waals surface area contributed by atoms with Gasteiger partial charge in [0.2, 0.25) is 11.9 Å². The zero-order chi connectivity index (χ0) is 16.7. The van der Waals surface area contributed by atoms with Crippen molar-refractivity contribution in [1.82, 2.24) is 5.32 Å². The molecule has 3 atom stereocenters. The molecule has 1 aliphatic heterocycles. The van der Waals surface area contributed by atoms with Crippen LogP contribution in [0.1, 0.15) is 30.9 Å². The number of carbonyl (C=O) groups is 1. The van der Waals surface area contributed by atoms with Crippen molar-refractivity contribution in [3.05, 3.63) is 52.1 Å². The van der Waals surface area contributed by atoms with Crippen LogP contribution in [0, 0.1) is 16.0 Å². The molecule has 1 fully saturated rings. The number of carbonyl (C=O) groups excluding carboxylic acids is 1. The summed E-state index contributed by atoms with van der Waals surface area (Å²) in [5, 5.41) is 15.9. The van der Waals surface area contributed by atoms with Crippen LogP contribution in [-0.2, 0) is 4.79 Å². The molecular weight excluding hydrogens is 308 g/mol. The monoisotopic (exact) mass is 326 g/mol. The fourth-order valence-corrected chi connectivity index (χ4v) is 3.44. The highest BCUT2D eigenvalue weighted by molar-refractivity contribution is 5.90. The average molecular weight is 326 g/mol. The third-order valence-corrected chi connectivity index (χ3v) is 4.85. The van der Waals surface area contributed by atoms with E-state index in [2.05, 4.69) is 5.32 Å². The van der Waals surface area contributed by atoms with Crippen LogP contribution in [0.15, 0.2) is 36.4 Å². The second kappa shape index (κ2) is 5.78. The van der Waals surface area contributed by atoms with Crippen molar-refractivity contribution in [2.24, 2.45) is 5.92 Å². The molecule has 2 aliphatic rings. The first-order valence-electron chi connectivity index (χ1n) is 8.23. The summed E-state index contributed by atoms with van der Waals surface area (Å²) in [4.78, 5) is 22.7. The lowest BCUT2D eigenvalue weighted by atomic mass is 9.98. The highest BCUT2D eigenvalue weighted by Gasteiger charge is 2.53. The molecule has 1 N–H and O–H groups in total. The molecule has 0 unspecified atom stereocenters. The van der Waals surface area contributed by atoms with Crippen molar-refractivity contribution < 1.29 is 14.5 Å². The summed E-state index contributed by atoms with van der Waals surface area (Å²) in [6.45, 7) is 0.605. The van der Waals surface area contributed by atoms with Gasteiger partial charge in [0.25, 0.3) is 0 Å². The number of nitrogens with zero attached hydrogens (tertiary/aromatic N) is 1. The van der Waals surface area contributed by atoms with E-state index in [9.17, 15) is 14.9 Å². The number of rotatable bonds is 3.